The molecule has 0 heterocycles. The van der Waals surface area contributed by atoms with Crippen LogP contribution in [0.4, 0.5) is 0 Å². The summed E-state index contributed by atoms with van der Waals surface area (Å²) in [5.41, 5.74) is 0. The van der Waals surface area contributed by atoms with Gasteiger partial charge in [-0.3, -0.25) is 14.4 Å². The molecular weight excluding hydrogens is 829 g/mol. The van der Waals surface area contributed by atoms with Crippen molar-refractivity contribution in [2.24, 2.45) is 0 Å². The average molecular weight is 938 g/mol. The molecule has 0 aliphatic heterocycles. The maximum absolute atomic E-state index is 12.8. The van der Waals surface area contributed by atoms with Gasteiger partial charge in [0.15, 0.2) is 6.10 Å². The molecule has 0 fully saturated rings. The van der Waals surface area contributed by atoms with Crippen molar-refractivity contribution >= 4 is 17.9 Å². The molecule has 388 valence electrons. The van der Waals surface area contributed by atoms with Gasteiger partial charge < -0.3 is 14.2 Å². The summed E-state index contributed by atoms with van der Waals surface area (Å²) in [6, 6.07) is 0. The van der Waals surface area contributed by atoms with Gasteiger partial charge in [-0.1, -0.05) is 274 Å². The first-order valence-corrected chi connectivity index (χ1v) is 28.8. The van der Waals surface area contributed by atoms with Gasteiger partial charge in [0.25, 0.3) is 0 Å². The second-order valence-corrected chi connectivity index (χ2v) is 19.2. The molecule has 0 radical (unpaired) electrons. The van der Waals surface area contributed by atoms with E-state index in [1.54, 1.807) is 0 Å². The Labute approximate surface area is 415 Å². The van der Waals surface area contributed by atoms with Gasteiger partial charge in [-0.05, 0) is 57.8 Å². The first-order chi connectivity index (χ1) is 33.0. The van der Waals surface area contributed by atoms with Gasteiger partial charge in [0.2, 0.25) is 0 Å². The third-order valence-electron chi connectivity index (χ3n) is 12.5. The van der Waals surface area contributed by atoms with Crippen LogP contribution in [-0.4, -0.2) is 37.2 Å². The first kappa shape index (κ1) is 64.1. The lowest BCUT2D eigenvalue weighted by Crippen LogP contribution is -2.30. The highest BCUT2D eigenvalue weighted by molar-refractivity contribution is 5.71. The summed E-state index contributed by atoms with van der Waals surface area (Å²) in [6.07, 6.45) is 69.4. The summed E-state index contributed by atoms with van der Waals surface area (Å²) in [6.45, 7) is 6.57. The van der Waals surface area contributed by atoms with E-state index >= 15 is 0 Å². The molecule has 0 N–H and O–H groups in total. The molecule has 6 heteroatoms. The zero-order valence-corrected chi connectivity index (χ0v) is 44.4. The number of hydrogen-bond acceptors (Lipinski definition) is 6. The van der Waals surface area contributed by atoms with Gasteiger partial charge in [0, 0.05) is 19.3 Å². The quantitative estimate of drug-likeness (QED) is 0.0262. The molecule has 0 aliphatic rings. The van der Waals surface area contributed by atoms with Crippen LogP contribution in [0.15, 0.2) is 60.8 Å². The van der Waals surface area contributed by atoms with Crippen molar-refractivity contribution < 1.29 is 28.6 Å². The van der Waals surface area contributed by atoms with Crippen LogP contribution in [0, 0.1) is 0 Å². The molecule has 67 heavy (non-hydrogen) atoms. The third kappa shape index (κ3) is 53.9. The molecule has 0 unspecified atom stereocenters. The lowest BCUT2D eigenvalue weighted by Gasteiger charge is -2.18. The summed E-state index contributed by atoms with van der Waals surface area (Å²) in [7, 11) is 0. The van der Waals surface area contributed by atoms with Crippen molar-refractivity contribution in [3.63, 3.8) is 0 Å². The van der Waals surface area contributed by atoms with Gasteiger partial charge in [-0.25, -0.2) is 0 Å². The lowest BCUT2D eigenvalue weighted by atomic mass is 10.0. The Hall–Kier alpha value is -2.89. The second-order valence-electron chi connectivity index (χ2n) is 19.2. The highest BCUT2D eigenvalue weighted by Crippen LogP contribution is 2.16. The number of allylic oxidation sites excluding steroid dienone is 10. The molecule has 0 spiro atoms. The number of hydrogen-bond donors (Lipinski definition) is 0. The molecule has 0 aromatic heterocycles. The summed E-state index contributed by atoms with van der Waals surface area (Å²) < 4.78 is 16.8. The molecule has 0 aliphatic carbocycles. The van der Waals surface area contributed by atoms with Crippen LogP contribution in [0.1, 0.15) is 290 Å². The van der Waals surface area contributed by atoms with Crippen molar-refractivity contribution in [1.29, 1.82) is 0 Å². The maximum atomic E-state index is 12.8. The lowest BCUT2D eigenvalue weighted by molar-refractivity contribution is -0.166. The number of unbranched alkanes of at least 4 members (excludes halogenated alkanes) is 31. The van der Waals surface area contributed by atoms with Crippen LogP contribution in [0.2, 0.25) is 0 Å². The summed E-state index contributed by atoms with van der Waals surface area (Å²) in [4.78, 5) is 38.0. The predicted molar refractivity (Wildman–Crippen MR) is 288 cm³/mol. The Morgan fingerprint density at radius 1 is 0.299 bits per heavy atom. The SMILES string of the molecule is CCCCC/C=C\C/C=C\C/C=C\C/C=C\C/C=C\CCC(=O)OC[C@H](COC(=O)CCCCCCCCCCCCCCCCCCCCC)OC(=O)CCCCCCCCCCCCC. The molecule has 0 rings (SSSR count). The standard InChI is InChI=1S/C61H108O6/c1-4-7-10-13-16-19-22-24-26-28-30-32-34-36-39-41-44-47-50-53-59(62)65-56-58(67-61(64)55-52-49-46-43-38-21-18-15-12-9-6-3)57-66-60(63)54-51-48-45-42-40-37-35-33-31-29-27-25-23-20-17-14-11-8-5-2/h16,19,24,26,30,32,36,39,44,47,58H,4-15,17-18,20-23,25,27-29,31,33-35,37-38,40-43,45-46,48-57H2,1-3H3/b19-16-,26-24-,32-30-,39-36-,47-44-/t58-/m1/s1. The van der Waals surface area contributed by atoms with E-state index in [-0.39, 0.29) is 37.5 Å². The van der Waals surface area contributed by atoms with E-state index in [9.17, 15) is 14.4 Å². The second kappa shape index (κ2) is 55.7. The number of carbonyl (C=O) groups is 3. The van der Waals surface area contributed by atoms with Crippen molar-refractivity contribution in [3.05, 3.63) is 60.8 Å². The van der Waals surface area contributed by atoms with Crippen molar-refractivity contribution in [3.8, 4) is 0 Å². The minimum Gasteiger partial charge on any atom is -0.462 e. The molecule has 0 saturated heterocycles. The molecule has 0 bridgehead atoms. The van der Waals surface area contributed by atoms with Gasteiger partial charge in [-0.2, -0.15) is 0 Å². The van der Waals surface area contributed by atoms with E-state index in [0.29, 0.717) is 19.3 Å². The summed E-state index contributed by atoms with van der Waals surface area (Å²) in [5.74, 6) is -0.968. The Balaban J connectivity index is 4.38. The Morgan fingerprint density at radius 3 is 0.925 bits per heavy atom. The zero-order valence-electron chi connectivity index (χ0n) is 44.4. The van der Waals surface area contributed by atoms with Crippen LogP contribution in [0.3, 0.4) is 0 Å². The fourth-order valence-electron chi connectivity index (χ4n) is 8.19. The number of ether oxygens (including phenoxy) is 3. The van der Waals surface area contributed by atoms with Crippen LogP contribution in [-0.2, 0) is 28.6 Å². The normalized spacial score (nSPS) is 12.5. The molecule has 6 nitrogen and oxygen atoms in total. The highest BCUT2D eigenvalue weighted by atomic mass is 16.6. The van der Waals surface area contributed by atoms with Gasteiger partial charge in [0.1, 0.15) is 13.2 Å². The smallest absolute Gasteiger partial charge is 0.306 e. The van der Waals surface area contributed by atoms with E-state index in [1.165, 1.54) is 180 Å². The van der Waals surface area contributed by atoms with Crippen LogP contribution < -0.4 is 0 Å². The van der Waals surface area contributed by atoms with E-state index in [4.69, 9.17) is 14.2 Å². The van der Waals surface area contributed by atoms with E-state index < -0.39 is 6.10 Å². The summed E-state index contributed by atoms with van der Waals surface area (Å²) >= 11 is 0. The minimum atomic E-state index is -0.800. The third-order valence-corrected chi connectivity index (χ3v) is 12.5. The molecule has 0 aromatic carbocycles. The van der Waals surface area contributed by atoms with Gasteiger partial charge in [0.05, 0.1) is 0 Å². The van der Waals surface area contributed by atoms with Crippen LogP contribution in [0.5, 0.6) is 0 Å². The highest BCUT2D eigenvalue weighted by Gasteiger charge is 2.19. The Kier molecular flexibility index (Phi) is 53.3. The van der Waals surface area contributed by atoms with Crippen molar-refractivity contribution in [2.45, 2.75) is 297 Å². The fraction of sp³-hybridized carbons (Fsp3) is 0.787. The summed E-state index contributed by atoms with van der Waals surface area (Å²) in [5, 5.41) is 0. The fourth-order valence-corrected chi connectivity index (χ4v) is 8.19. The predicted octanol–water partition coefficient (Wildman–Crippen LogP) is 19.2. The maximum Gasteiger partial charge on any atom is 0.306 e. The monoisotopic (exact) mass is 937 g/mol. The Morgan fingerprint density at radius 2 is 0.567 bits per heavy atom. The number of rotatable bonds is 52. The van der Waals surface area contributed by atoms with E-state index in [1.807, 2.05) is 6.08 Å². The zero-order chi connectivity index (χ0) is 48.6. The van der Waals surface area contributed by atoms with Crippen molar-refractivity contribution in [1.82, 2.24) is 0 Å². The Bertz CT molecular complexity index is 1210. The van der Waals surface area contributed by atoms with Crippen LogP contribution >= 0.6 is 0 Å². The molecule has 1 atom stereocenters. The van der Waals surface area contributed by atoms with Crippen LogP contribution in [0.25, 0.3) is 0 Å². The number of carbonyl (C=O) groups excluding carboxylic acids is 3. The largest absolute Gasteiger partial charge is 0.462 e. The molecule has 0 amide bonds. The van der Waals surface area contributed by atoms with E-state index in [0.717, 1.165) is 64.2 Å². The van der Waals surface area contributed by atoms with Gasteiger partial charge in [-0.15, -0.1) is 0 Å². The minimum absolute atomic E-state index is 0.0930. The topological polar surface area (TPSA) is 78.9 Å². The van der Waals surface area contributed by atoms with Gasteiger partial charge >= 0.3 is 17.9 Å². The van der Waals surface area contributed by atoms with Crippen molar-refractivity contribution in [2.75, 3.05) is 13.2 Å². The first-order valence-electron chi connectivity index (χ1n) is 28.8. The molecule has 0 saturated carbocycles. The average Bonchev–Trinajstić information content (AvgIpc) is 3.33. The van der Waals surface area contributed by atoms with E-state index in [2.05, 4.69) is 75.5 Å². The molecular formula is C61H108O6. The molecule has 0 aromatic rings. The number of esters is 3.